The highest BCUT2D eigenvalue weighted by molar-refractivity contribution is 6.13. The van der Waals surface area contributed by atoms with Gasteiger partial charge in [0, 0.05) is 36.6 Å². The number of halogens is 3. The number of hydrogen-bond acceptors (Lipinski definition) is 4. The first-order valence-corrected chi connectivity index (χ1v) is 11.5. The number of H-pyrrole nitrogens is 1. The number of nitrogens with one attached hydrogen (secondary N) is 3. The average molecular weight is 486 g/mol. The lowest BCUT2D eigenvalue weighted by Crippen LogP contribution is -2.18. The van der Waals surface area contributed by atoms with E-state index in [-0.39, 0.29) is 11.7 Å². The number of benzene rings is 2. The maximum Gasteiger partial charge on any atom is 0.416 e. The van der Waals surface area contributed by atoms with Crippen molar-refractivity contribution < 1.29 is 27.5 Å². The normalized spacial score (nSPS) is 13.4. The van der Waals surface area contributed by atoms with Gasteiger partial charge in [0.15, 0.2) is 5.78 Å². The molecule has 1 aromatic heterocycles. The van der Waals surface area contributed by atoms with Gasteiger partial charge in [0.25, 0.3) is 5.91 Å². The Balaban J connectivity index is 1.23. The molecule has 3 aromatic rings. The van der Waals surface area contributed by atoms with Crippen molar-refractivity contribution in [2.45, 2.75) is 38.4 Å². The number of aromatic amines is 1. The van der Waals surface area contributed by atoms with E-state index in [0.717, 1.165) is 30.7 Å². The monoisotopic (exact) mass is 485 g/mol. The zero-order valence-electron chi connectivity index (χ0n) is 19.0. The van der Waals surface area contributed by atoms with Crippen molar-refractivity contribution in [3.05, 3.63) is 82.7 Å². The number of Topliss-reactive ketones (excluding diaryl/α,β-unsaturated/α-hetero) is 1. The first-order chi connectivity index (χ1) is 16.8. The van der Waals surface area contributed by atoms with Crippen LogP contribution in [0.2, 0.25) is 0 Å². The highest BCUT2D eigenvalue weighted by atomic mass is 19.4. The van der Waals surface area contributed by atoms with Crippen molar-refractivity contribution >= 4 is 17.4 Å². The highest BCUT2D eigenvalue weighted by Crippen LogP contribution is 2.29. The molecule has 0 atom stereocenters. The maximum absolute atomic E-state index is 12.8. The van der Waals surface area contributed by atoms with Gasteiger partial charge in [-0.25, -0.2) is 0 Å². The van der Waals surface area contributed by atoms with Gasteiger partial charge in [-0.3, -0.25) is 9.59 Å². The third kappa shape index (κ3) is 6.30. The summed E-state index contributed by atoms with van der Waals surface area (Å²) in [7, 11) is 0. The van der Waals surface area contributed by atoms with Crippen LogP contribution in [0.5, 0.6) is 5.75 Å². The Kier molecular flexibility index (Phi) is 7.55. The van der Waals surface area contributed by atoms with E-state index in [1.807, 2.05) is 0 Å². The summed E-state index contributed by atoms with van der Waals surface area (Å²) >= 11 is 0. The second-order valence-corrected chi connectivity index (χ2v) is 8.39. The van der Waals surface area contributed by atoms with Gasteiger partial charge in [-0.1, -0.05) is 24.3 Å². The van der Waals surface area contributed by atoms with Crippen molar-refractivity contribution in [3.8, 4) is 5.75 Å². The standard InChI is InChI=1S/C26H26F3N3O3/c27-26(28,29)18-6-1-5-17(13-18)15-30-11-4-12-35-20-8-2-7-19(14-20)32-25(34)21-16-31-22-9-3-10-23(33)24(21)22/h1-2,5-8,13-14,16,30-31H,3-4,9-12,15H2,(H,32,34). The van der Waals surface area contributed by atoms with Gasteiger partial charge in [-0.15, -0.1) is 0 Å². The molecular weight excluding hydrogens is 459 g/mol. The summed E-state index contributed by atoms with van der Waals surface area (Å²) in [5.41, 5.74) is 2.10. The van der Waals surface area contributed by atoms with Gasteiger partial charge in [0.2, 0.25) is 0 Å². The van der Waals surface area contributed by atoms with E-state index in [4.69, 9.17) is 4.74 Å². The Bertz CT molecular complexity index is 1200. The summed E-state index contributed by atoms with van der Waals surface area (Å²) in [5, 5.41) is 5.93. The predicted molar refractivity (Wildman–Crippen MR) is 126 cm³/mol. The molecule has 1 amide bonds. The highest BCUT2D eigenvalue weighted by Gasteiger charge is 2.30. The van der Waals surface area contributed by atoms with Crippen molar-refractivity contribution in [1.82, 2.24) is 10.3 Å². The number of ketones is 1. The molecule has 35 heavy (non-hydrogen) atoms. The molecule has 0 bridgehead atoms. The van der Waals surface area contributed by atoms with Crippen LogP contribution in [-0.2, 0) is 19.1 Å². The topological polar surface area (TPSA) is 83.2 Å². The summed E-state index contributed by atoms with van der Waals surface area (Å²) in [5.74, 6) is 0.206. The van der Waals surface area contributed by atoms with Gasteiger partial charge < -0.3 is 20.4 Å². The van der Waals surface area contributed by atoms with Crippen LogP contribution in [0.15, 0.2) is 54.7 Å². The quantitative estimate of drug-likeness (QED) is 0.356. The Labute approximate surface area is 200 Å². The molecule has 6 nitrogen and oxygen atoms in total. The molecule has 0 unspecified atom stereocenters. The second-order valence-electron chi connectivity index (χ2n) is 8.39. The summed E-state index contributed by atoms with van der Waals surface area (Å²) in [6, 6.07) is 12.2. The van der Waals surface area contributed by atoms with E-state index in [9.17, 15) is 22.8 Å². The number of amides is 1. The molecule has 0 radical (unpaired) electrons. The van der Waals surface area contributed by atoms with Crippen molar-refractivity contribution in [3.63, 3.8) is 0 Å². The van der Waals surface area contributed by atoms with Crippen LogP contribution in [0.1, 0.15) is 56.8 Å². The van der Waals surface area contributed by atoms with Crippen LogP contribution in [0.25, 0.3) is 0 Å². The fourth-order valence-electron chi connectivity index (χ4n) is 4.05. The number of aryl methyl sites for hydroxylation is 1. The predicted octanol–water partition coefficient (Wildman–Crippen LogP) is 5.36. The number of rotatable bonds is 9. The molecule has 1 aliphatic carbocycles. The van der Waals surface area contributed by atoms with Crippen LogP contribution in [0.3, 0.4) is 0 Å². The van der Waals surface area contributed by atoms with E-state index < -0.39 is 11.7 Å². The van der Waals surface area contributed by atoms with E-state index in [0.29, 0.717) is 60.7 Å². The lowest BCUT2D eigenvalue weighted by molar-refractivity contribution is -0.137. The third-order valence-electron chi connectivity index (χ3n) is 5.76. The van der Waals surface area contributed by atoms with Crippen LogP contribution < -0.4 is 15.4 Å². The summed E-state index contributed by atoms with van der Waals surface area (Å²) in [6.07, 6.45) is -0.136. The maximum atomic E-state index is 12.8. The molecule has 1 heterocycles. The fraction of sp³-hybridized carbons (Fsp3) is 0.308. The van der Waals surface area contributed by atoms with Gasteiger partial charge in [-0.2, -0.15) is 13.2 Å². The van der Waals surface area contributed by atoms with E-state index in [1.54, 1.807) is 36.5 Å². The molecule has 0 saturated carbocycles. The SMILES string of the molecule is O=C(Nc1cccc(OCCCNCc2cccc(C(F)(F)F)c2)c1)c1c[nH]c2c1C(=O)CCC2. The van der Waals surface area contributed by atoms with Crippen LogP contribution >= 0.6 is 0 Å². The van der Waals surface area contributed by atoms with E-state index in [1.165, 1.54) is 6.07 Å². The molecule has 3 N–H and O–H groups in total. The number of fused-ring (bicyclic) bond motifs is 1. The number of carbonyl (C=O) groups excluding carboxylic acids is 2. The lowest BCUT2D eigenvalue weighted by atomic mass is 9.93. The van der Waals surface area contributed by atoms with Crippen LogP contribution in [0, 0.1) is 0 Å². The Morgan fingerprint density at radius 1 is 1.09 bits per heavy atom. The zero-order chi connectivity index (χ0) is 24.8. The molecule has 1 aliphatic rings. The summed E-state index contributed by atoms with van der Waals surface area (Å²) < 4.78 is 44.1. The van der Waals surface area contributed by atoms with E-state index in [2.05, 4.69) is 15.6 Å². The molecule has 184 valence electrons. The van der Waals surface area contributed by atoms with Gasteiger partial charge in [-0.05, 0) is 49.6 Å². The minimum Gasteiger partial charge on any atom is -0.493 e. The molecule has 9 heteroatoms. The number of carbonyl (C=O) groups is 2. The third-order valence-corrected chi connectivity index (χ3v) is 5.76. The minimum absolute atomic E-state index is 0.0172. The van der Waals surface area contributed by atoms with Crippen molar-refractivity contribution in [1.29, 1.82) is 0 Å². The smallest absolute Gasteiger partial charge is 0.416 e. The fourth-order valence-corrected chi connectivity index (χ4v) is 4.05. The van der Waals surface area contributed by atoms with Crippen molar-refractivity contribution in [2.75, 3.05) is 18.5 Å². The summed E-state index contributed by atoms with van der Waals surface area (Å²) in [6.45, 7) is 1.29. The van der Waals surface area contributed by atoms with Crippen LogP contribution in [0.4, 0.5) is 18.9 Å². The first kappa shape index (κ1) is 24.5. The molecule has 0 spiro atoms. The molecular formula is C26H26F3N3O3. The second kappa shape index (κ2) is 10.8. The number of aromatic nitrogens is 1. The average Bonchev–Trinajstić information content (AvgIpc) is 3.27. The number of anilines is 1. The first-order valence-electron chi connectivity index (χ1n) is 11.5. The Morgan fingerprint density at radius 3 is 2.74 bits per heavy atom. The molecule has 2 aromatic carbocycles. The number of hydrogen-bond donors (Lipinski definition) is 3. The van der Waals surface area contributed by atoms with E-state index >= 15 is 0 Å². The van der Waals surface area contributed by atoms with Gasteiger partial charge >= 0.3 is 6.18 Å². The zero-order valence-corrected chi connectivity index (χ0v) is 19.0. The summed E-state index contributed by atoms with van der Waals surface area (Å²) in [4.78, 5) is 28.0. The minimum atomic E-state index is -4.35. The van der Waals surface area contributed by atoms with Crippen LogP contribution in [-0.4, -0.2) is 29.8 Å². The largest absolute Gasteiger partial charge is 0.493 e. The Morgan fingerprint density at radius 2 is 1.91 bits per heavy atom. The van der Waals surface area contributed by atoms with Crippen molar-refractivity contribution in [2.24, 2.45) is 0 Å². The lowest BCUT2D eigenvalue weighted by Gasteiger charge is -2.12. The van der Waals surface area contributed by atoms with Gasteiger partial charge in [0.1, 0.15) is 5.75 Å². The van der Waals surface area contributed by atoms with Gasteiger partial charge in [0.05, 0.1) is 23.3 Å². The molecule has 0 fully saturated rings. The number of alkyl halides is 3. The Hall–Kier alpha value is -3.59. The number of ether oxygens (including phenoxy) is 1. The molecule has 0 aliphatic heterocycles. The molecule has 4 rings (SSSR count). The molecule has 0 saturated heterocycles.